The van der Waals surface area contributed by atoms with E-state index in [2.05, 4.69) is 10.6 Å². The van der Waals surface area contributed by atoms with Gasteiger partial charge in [0.15, 0.2) is 18.1 Å². The predicted octanol–water partition coefficient (Wildman–Crippen LogP) is 0.350. The molecule has 2 heterocycles. The van der Waals surface area contributed by atoms with Crippen molar-refractivity contribution in [2.24, 2.45) is 0 Å². The van der Waals surface area contributed by atoms with E-state index in [1.54, 1.807) is 12.1 Å². The van der Waals surface area contributed by atoms with Crippen molar-refractivity contribution in [2.75, 3.05) is 26.3 Å². The minimum atomic E-state index is -0.880. The number of carbonyl (C=O) groups is 4. The molecule has 1 spiro atoms. The highest BCUT2D eigenvalue weighted by atomic mass is 16.6. The minimum absolute atomic E-state index is 0.181. The van der Waals surface area contributed by atoms with Crippen LogP contribution in [0.15, 0.2) is 24.3 Å². The van der Waals surface area contributed by atoms with Crippen LogP contribution < -0.4 is 20.1 Å². The first kappa shape index (κ1) is 20.0. The van der Waals surface area contributed by atoms with Crippen LogP contribution in [0.3, 0.4) is 0 Å². The summed E-state index contributed by atoms with van der Waals surface area (Å²) in [7, 11) is 0. The summed E-state index contributed by atoms with van der Waals surface area (Å²) in [4.78, 5) is 49.4. The van der Waals surface area contributed by atoms with Gasteiger partial charge in [0, 0.05) is 0 Å². The zero-order valence-corrected chi connectivity index (χ0v) is 16.3. The van der Waals surface area contributed by atoms with Gasteiger partial charge in [0.1, 0.15) is 24.8 Å². The van der Waals surface area contributed by atoms with Crippen LogP contribution in [0, 0.1) is 0 Å². The first-order valence-electron chi connectivity index (χ1n) is 9.92. The molecule has 2 N–H and O–H groups in total. The molecule has 1 aromatic carbocycles. The fourth-order valence-electron chi connectivity index (χ4n) is 3.90. The van der Waals surface area contributed by atoms with Gasteiger partial charge in [-0.2, -0.15) is 0 Å². The van der Waals surface area contributed by atoms with Crippen molar-refractivity contribution >= 4 is 23.8 Å². The van der Waals surface area contributed by atoms with Crippen molar-refractivity contribution in [3.63, 3.8) is 0 Å². The monoisotopic (exact) mass is 417 g/mol. The first-order chi connectivity index (χ1) is 14.5. The number of amides is 4. The third-order valence-electron chi connectivity index (χ3n) is 5.45. The van der Waals surface area contributed by atoms with Gasteiger partial charge in [-0.05, 0) is 25.0 Å². The second-order valence-electron chi connectivity index (χ2n) is 7.57. The van der Waals surface area contributed by atoms with E-state index in [-0.39, 0.29) is 19.3 Å². The van der Waals surface area contributed by atoms with Crippen LogP contribution in [-0.2, 0) is 19.1 Å². The van der Waals surface area contributed by atoms with E-state index in [0.717, 1.165) is 17.7 Å². The Bertz CT molecular complexity index is 866. The smallest absolute Gasteiger partial charge is 0.326 e. The SMILES string of the molecule is O=C(COC(=O)CN1C(=O)NC2(CCCC2)C1=O)NC[C@@H]1COc2ccccc2O1. The number of nitrogens with one attached hydrogen (secondary N) is 2. The molecule has 0 aromatic heterocycles. The van der Waals surface area contributed by atoms with Crippen molar-refractivity contribution in [2.45, 2.75) is 37.3 Å². The molecule has 0 unspecified atom stereocenters. The van der Waals surface area contributed by atoms with Crippen LogP contribution in [0.2, 0.25) is 0 Å². The van der Waals surface area contributed by atoms with Gasteiger partial charge in [-0.15, -0.1) is 0 Å². The molecule has 4 rings (SSSR count). The van der Waals surface area contributed by atoms with Crippen molar-refractivity contribution in [3.05, 3.63) is 24.3 Å². The van der Waals surface area contributed by atoms with Crippen LogP contribution in [0.25, 0.3) is 0 Å². The number of urea groups is 1. The number of benzene rings is 1. The molecule has 3 aliphatic rings. The molecule has 2 fully saturated rings. The third kappa shape index (κ3) is 4.03. The Morgan fingerprint density at radius 1 is 1.20 bits per heavy atom. The van der Waals surface area contributed by atoms with Crippen molar-refractivity contribution in [1.29, 1.82) is 0 Å². The Balaban J connectivity index is 1.19. The largest absolute Gasteiger partial charge is 0.486 e. The van der Waals surface area contributed by atoms with Gasteiger partial charge < -0.3 is 24.8 Å². The molecule has 30 heavy (non-hydrogen) atoms. The number of carbonyl (C=O) groups excluding carboxylic acids is 4. The van der Waals surface area contributed by atoms with Crippen LogP contribution >= 0.6 is 0 Å². The van der Waals surface area contributed by atoms with Crippen LogP contribution in [-0.4, -0.2) is 66.7 Å². The van der Waals surface area contributed by atoms with Gasteiger partial charge >= 0.3 is 12.0 Å². The van der Waals surface area contributed by atoms with E-state index in [4.69, 9.17) is 14.2 Å². The number of para-hydroxylation sites is 2. The molecular formula is C20H23N3O7. The van der Waals surface area contributed by atoms with Crippen molar-refractivity contribution in [1.82, 2.24) is 15.5 Å². The first-order valence-corrected chi connectivity index (χ1v) is 9.92. The highest BCUT2D eigenvalue weighted by Gasteiger charge is 2.52. The number of nitrogens with zero attached hydrogens (tertiary/aromatic N) is 1. The summed E-state index contributed by atoms with van der Waals surface area (Å²) >= 11 is 0. The lowest BCUT2D eigenvalue weighted by atomic mass is 9.98. The number of hydrogen-bond donors (Lipinski definition) is 2. The second kappa shape index (κ2) is 8.21. The molecule has 1 aromatic rings. The topological polar surface area (TPSA) is 123 Å². The van der Waals surface area contributed by atoms with Crippen LogP contribution in [0.4, 0.5) is 4.79 Å². The van der Waals surface area contributed by atoms with Gasteiger partial charge in [-0.1, -0.05) is 25.0 Å². The summed E-state index contributed by atoms with van der Waals surface area (Å²) in [6, 6.07) is 6.63. The molecule has 4 amide bonds. The number of fused-ring (bicyclic) bond motifs is 1. The van der Waals surface area contributed by atoms with E-state index in [9.17, 15) is 19.2 Å². The summed E-state index contributed by atoms with van der Waals surface area (Å²) in [6.07, 6.45) is 2.48. The minimum Gasteiger partial charge on any atom is -0.486 e. The van der Waals surface area contributed by atoms with E-state index >= 15 is 0 Å². The van der Waals surface area contributed by atoms with Gasteiger partial charge in [-0.25, -0.2) is 4.79 Å². The predicted molar refractivity (Wildman–Crippen MR) is 102 cm³/mol. The summed E-state index contributed by atoms with van der Waals surface area (Å²) in [5.41, 5.74) is -0.880. The molecule has 160 valence electrons. The molecule has 2 aliphatic heterocycles. The summed E-state index contributed by atoms with van der Waals surface area (Å²) in [5, 5.41) is 5.30. The number of ether oxygens (including phenoxy) is 3. The molecule has 1 atom stereocenters. The normalized spacial score (nSPS) is 21.5. The lowest BCUT2D eigenvalue weighted by molar-refractivity contribution is -0.151. The van der Waals surface area contributed by atoms with Gasteiger partial charge in [0.25, 0.3) is 11.8 Å². The third-order valence-corrected chi connectivity index (χ3v) is 5.45. The van der Waals surface area contributed by atoms with Gasteiger partial charge in [0.2, 0.25) is 0 Å². The van der Waals surface area contributed by atoms with Crippen molar-refractivity contribution < 1.29 is 33.4 Å². The van der Waals surface area contributed by atoms with E-state index in [1.807, 2.05) is 12.1 Å². The van der Waals surface area contributed by atoms with E-state index < -0.39 is 42.5 Å². The molecule has 1 aliphatic carbocycles. The Morgan fingerprint density at radius 3 is 2.70 bits per heavy atom. The summed E-state index contributed by atoms with van der Waals surface area (Å²) in [6.45, 7) is -0.570. The zero-order chi connectivity index (χ0) is 21.1. The number of esters is 1. The standard InChI is InChI=1S/C20H23N3O7/c24-16(21-9-13-11-28-14-5-1-2-6-15(14)30-13)12-29-17(25)10-23-18(26)20(22-19(23)27)7-3-4-8-20/h1-2,5-6,13H,3-4,7-12H2,(H,21,24)(H,22,27)/t13-/m1/s1. The molecule has 10 nitrogen and oxygen atoms in total. The van der Waals surface area contributed by atoms with Crippen molar-refractivity contribution in [3.8, 4) is 11.5 Å². The Morgan fingerprint density at radius 2 is 1.93 bits per heavy atom. The number of rotatable bonds is 6. The van der Waals surface area contributed by atoms with E-state index in [0.29, 0.717) is 24.3 Å². The molecule has 1 saturated carbocycles. The summed E-state index contributed by atoms with van der Waals surface area (Å²) in [5.74, 6) is -0.497. The fourth-order valence-corrected chi connectivity index (χ4v) is 3.90. The maximum absolute atomic E-state index is 12.5. The number of imide groups is 1. The highest BCUT2D eigenvalue weighted by Crippen LogP contribution is 2.35. The average Bonchev–Trinajstić information content (AvgIpc) is 3.31. The average molecular weight is 417 g/mol. The zero-order valence-electron chi connectivity index (χ0n) is 16.3. The quantitative estimate of drug-likeness (QED) is 0.506. The second-order valence-corrected chi connectivity index (χ2v) is 7.57. The van der Waals surface area contributed by atoms with Gasteiger partial charge in [-0.3, -0.25) is 19.3 Å². The molecular weight excluding hydrogens is 394 g/mol. The molecule has 10 heteroatoms. The summed E-state index contributed by atoms with van der Waals surface area (Å²) < 4.78 is 16.2. The lowest BCUT2D eigenvalue weighted by Crippen LogP contribution is -2.44. The Hall–Kier alpha value is -3.30. The van der Waals surface area contributed by atoms with Crippen LogP contribution in [0.1, 0.15) is 25.7 Å². The number of hydrogen-bond acceptors (Lipinski definition) is 7. The molecule has 1 saturated heterocycles. The van der Waals surface area contributed by atoms with Crippen LogP contribution in [0.5, 0.6) is 11.5 Å². The maximum Gasteiger partial charge on any atom is 0.326 e. The van der Waals surface area contributed by atoms with Gasteiger partial charge in [0.05, 0.1) is 6.54 Å². The lowest BCUT2D eigenvalue weighted by Gasteiger charge is -2.26. The highest BCUT2D eigenvalue weighted by molar-refractivity contribution is 6.08. The Labute approximate surface area is 172 Å². The fraction of sp³-hybridized carbons (Fsp3) is 0.500. The Kier molecular flexibility index (Phi) is 5.47. The maximum atomic E-state index is 12.5. The molecule has 0 bridgehead atoms. The van der Waals surface area contributed by atoms with E-state index in [1.165, 1.54) is 0 Å². The molecule has 0 radical (unpaired) electrons.